The smallest absolute Gasteiger partial charge is 0.165 e. The second-order valence-corrected chi connectivity index (χ2v) is 9.87. The van der Waals surface area contributed by atoms with Crippen molar-refractivity contribution < 1.29 is 4.21 Å². The highest BCUT2D eigenvalue weighted by molar-refractivity contribution is 9.10. The lowest BCUT2D eigenvalue weighted by Crippen LogP contribution is -2.06. The standard InChI is InChI=1S/C22H24BrN5OS/c1-2-30(29)11-7-3-4-10-19-20(23)21(24)28-22(27-19)17(14-26-28)16-12-15-8-5-6-9-18(15)25-13-16/h5-6,8-9,12-14H,2-4,7,10-11,24H2,1H3. The Kier molecular flexibility index (Phi) is 6.43. The van der Waals surface area contributed by atoms with E-state index in [4.69, 9.17) is 10.7 Å². The molecule has 2 N–H and O–H groups in total. The number of benzene rings is 1. The van der Waals surface area contributed by atoms with Gasteiger partial charge in [-0.25, -0.2) is 4.98 Å². The first-order valence-corrected chi connectivity index (χ1v) is 12.4. The van der Waals surface area contributed by atoms with Gasteiger partial charge in [0, 0.05) is 45.0 Å². The van der Waals surface area contributed by atoms with Crippen LogP contribution in [0.25, 0.3) is 27.7 Å². The topological polar surface area (TPSA) is 86.2 Å². The Morgan fingerprint density at radius 1 is 1.17 bits per heavy atom. The number of unbranched alkanes of at least 4 members (excludes halogenated alkanes) is 2. The number of fused-ring (bicyclic) bond motifs is 2. The SMILES string of the molecule is CCS(=O)CCCCCc1nc2c(-c3cnc4ccccc4c3)cnn2c(N)c1Br. The van der Waals surface area contributed by atoms with Crippen molar-refractivity contribution in [1.82, 2.24) is 19.6 Å². The molecule has 0 saturated heterocycles. The fourth-order valence-corrected chi connectivity index (χ4v) is 4.78. The van der Waals surface area contributed by atoms with E-state index in [0.717, 1.165) is 75.0 Å². The zero-order valence-corrected chi connectivity index (χ0v) is 19.2. The molecule has 8 heteroatoms. The average molecular weight is 486 g/mol. The molecule has 6 nitrogen and oxygen atoms in total. The second kappa shape index (κ2) is 9.22. The average Bonchev–Trinajstić information content (AvgIpc) is 3.20. The minimum atomic E-state index is -0.693. The van der Waals surface area contributed by atoms with Crippen LogP contribution in [0.5, 0.6) is 0 Å². The van der Waals surface area contributed by atoms with Gasteiger partial charge < -0.3 is 5.73 Å². The van der Waals surface area contributed by atoms with Crippen LogP contribution in [-0.4, -0.2) is 35.3 Å². The number of halogens is 1. The van der Waals surface area contributed by atoms with Crippen molar-refractivity contribution in [2.45, 2.75) is 32.6 Å². The van der Waals surface area contributed by atoms with Gasteiger partial charge in [0.15, 0.2) is 5.65 Å². The van der Waals surface area contributed by atoms with E-state index < -0.39 is 10.8 Å². The molecule has 3 heterocycles. The Morgan fingerprint density at radius 2 is 2.00 bits per heavy atom. The van der Waals surface area contributed by atoms with Crippen LogP contribution in [-0.2, 0) is 17.2 Å². The first-order chi connectivity index (χ1) is 14.6. The van der Waals surface area contributed by atoms with Gasteiger partial charge in [0.05, 0.1) is 21.9 Å². The van der Waals surface area contributed by atoms with Crippen molar-refractivity contribution in [1.29, 1.82) is 0 Å². The molecule has 1 aromatic carbocycles. The molecule has 1 unspecified atom stereocenters. The highest BCUT2D eigenvalue weighted by Gasteiger charge is 2.16. The summed E-state index contributed by atoms with van der Waals surface area (Å²) in [6.07, 6.45) is 7.42. The number of rotatable bonds is 8. The largest absolute Gasteiger partial charge is 0.383 e. The molecule has 0 bridgehead atoms. The third kappa shape index (κ3) is 4.25. The monoisotopic (exact) mass is 485 g/mol. The van der Waals surface area contributed by atoms with Gasteiger partial charge in [0.1, 0.15) is 5.82 Å². The van der Waals surface area contributed by atoms with Crippen molar-refractivity contribution in [2.24, 2.45) is 0 Å². The van der Waals surface area contributed by atoms with Gasteiger partial charge in [0.25, 0.3) is 0 Å². The van der Waals surface area contributed by atoms with Crippen LogP contribution in [0.3, 0.4) is 0 Å². The minimum absolute atomic E-state index is 0.544. The first kappa shape index (κ1) is 20.9. The third-order valence-corrected chi connectivity index (χ3v) is 7.45. The van der Waals surface area contributed by atoms with E-state index in [1.807, 2.05) is 37.4 Å². The Balaban J connectivity index is 1.61. The number of aromatic nitrogens is 4. The Bertz CT molecular complexity index is 1220. The summed E-state index contributed by atoms with van der Waals surface area (Å²) in [5, 5.41) is 5.53. The molecule has 0 aliphatic carbocycles. The molecule has 0 saturated carbocycles. The van der Waals surface area contributed by atoms with Crippen LogP contribution in [0, 0.1) is 0 Å². The van der Waals surface area contributed by atoms with E-state index in [9.17, 15) is 4.21 Å². The highest BCUT2D eigenvalue weighted by atomic mass is 79.9. The molecule has 4 aromatic rings. The van der Waals surface area contributed by atoms with Gasteiger partial charge in [-0.15, -0.1) is 0 Å². The fraction of sp³-hybridized carbons (Fsp3) is 0.318. The molecule has 30 heavy (non-hydrogen) atoms. The molecule has 0 amide bonds. The summed E-state index contributed by atoms with van der Waals surface area (Å²) in [6, 6.07) is 10.1. The lowest BCUT2D eigenvalue weighted by atomic mass is 10.1. The van der Waals surface area contributed by atoms with Crippen molar-refractivity contribution in [3.63, 3.8) is 0 Å². The number of hydrogen-bond donors (Lipinski definition) is 1. The van der Waals surface area contributed by atoms with Crippen molar-refractivity contribution >= 4 is 49.1 Å². The van der Waals surface area contributed by atoms with E-state index in [0.29, 0.717) is 5.82 Å². The summed E-state index contributed by atoms with van der Waals surface area (Å²) in [7, 11) is -0.693. The fourth-order valence-electron chi connectivity index (χ4n) is 3.51. The Hall–Kier alpha value is -2.32. The summed E-state index contributed by atoms with van der Waals surface area (Å²) in [5.41, 5.74) is 10.8. The van der Waals surface area contributed by atoms with Gasteiger partial charge in [-0.3, -0.25) is 9.19 Å². The van der Waals surface area contributed by atoms with E-state index >= 15 is 0 Å². The predicted octanol–water partition coefficient (Wildman–Crippen LogP) is 4.77. The van der Waals surface area contributed by atoms with Crippen LogP contribution in [0.15, 0.2) is 47.2 Å². The molecule has 0 spiro atoms. The van der Waals surface area contributed by atoms with E-state index in [1.165, 1.54) is 0 Å². The third-order valence-electron chi connectivity index (χ3n) is 5.20. The lowest BCUT2D eigenvalue weighted by molar-refractivity contribution is 0.670. The van der Waals surface area contributed by atoms with Crippen molar-refractivity contribution in [2.75, 3.05) is 17.2 Å². The number of nitrogen functional groups attached to an aromatic ring is 1. The predicted molar refractivity (Wildman–Crippen MR) is 127 cm³/mol. The van der Waals surface area contributed by atoms with Gasteiger partial charge in [-0.05, 0) is 47.3 Å². The lowest BCUT2D eigenvalue weighted by Gasteiger charge is -2.09. The minimum Gasteiger partial charge on any atom is -0.383 e. The Labute approximate surface area is 186 Å². The molecule has 0 aliphatic rings. The van der Waals surface area contributed by atoms with E-state index in [-0.39, 0.29) is 0 Å². The molecule has 1 atom stereocenters. The second-order valence-electron chi connectivity index (χ2n) is 7.21. The molecule has 4 rings (SSSR count). The number of para-hydroxylation sites is 1. The van der Waals surface area contributed by atoms with Gasteiger partial charge in [-0.1, -0.05) is 31.5 Å². The number of nitrogens with zero attached hydrogens (tertiary/aromatic N) is 4. The molecular weight excluding hydrogens is 462 g/mol. The van der Waals surface area contributed by atoms with Gasteiger partial charge in [-0.2, -0.15) is 9.61 Å². The van der Waals surface area contributed by atoms with Crippen LogP contribution in [0.4, 0.5) is 5.82 Å². The number of aryl methyl sites for hydroxylation is 1. The zero-order chi connectivity index (χ0) is 21.1. The maximum Gasteiger partial charge on any atom is 0.165 e. The zero-order valence-electron chi connectivity index (χ0n) is 16.8. The Morgan fingerprint density at radius 3 is 2.83 bits per heavy atom. The quantitative estimate of drug-likeness (QED) is 0.363. The molecule has 156 valence electrons. The highest BCUT2D eigenvalue weighted by Crippen LogP contribution is 2.31. The van der Waals surface area contributed by atoms with Crippen LogP contribution >= 0.6 is 15.9 Å². The van der Waals surface area contributed by atoms with Crippen LogP contribution < -0.4 is 5.73 Å². The first-order valence-electron chi connectivity index (χ1n) is 10.1. The van der Waals surface area contributed by atoms with Gasteiger partial charge >= 0.3 is 0 Å². The molecular formula is C22H24BrN5OS. The van der Waals surface area contributed by atoms with E-state index in [2.05, 4.69) is 32.1 Å². The molecule has 3 aromatic heterocycles. The van der Waals surface area contributed by atoms with Crippen molar-refractivity contribution in [3.8, 4) is 11.1 Å². The normalized spacial score (nSPS) is 12.6. The van der Waals surface area contributed by atoms with Crippen LogP contribution in [0.2, 0.25) is 0 Å². The number of anilines is 1. The van der Waals surface area contributed by atoms with E-state index in [1.54, 1.807) is 10.7 Å². The summed E-state index contributed by atoms with van der Waals surface area (Å²) >= 11 is 3.59. The maximum absolute atomic E-state index is 11.6. The van der Waals surface area contributed by atoms with Crippen LogP contribution in [0.1, 0.15) is 31.9 Å². The molecule has 0 fully saturated rings. The number of pyridine rings is 1. The maximum atomic E-state index is 11.6. The van der Waals surface area contributed by atoms with Crippen molar-refractivity contribution in [3.05, 3.63) is 52.9 Å². The molecule has 0 aliphatic heterocycles. The van der Waals surface area contributed by atoms with Gasteiger partial charge in [0.2, 0.25) is 0 Å². The number of hydrogen-bond acceptors (Lipinski definition) is 5. The summed E-state index contributed by atoms with van der Waals surface area (Å²) in [6.45, 7) is 1.96. The summed E-state index contributed by atoms with van der Waals surface area (Å²) < 4.78 is 14.0. The summed E-state index contributed by atoms with van der Waals surface area (Å²) in [4.78, 5) is 9.45. The molecule has 0 radical (unpaired) electrons. The number of nitrogens with two attached hydrogens (primary N) is 1. The summed E-state index contributed by atoms with van der Waals surface area (Å²) in [5.74, 6) is 2.05.